The molecular formula is C16H21N3O4S. The molecule has 24 heavy (non-hydrogen) atoms. The summed E-state index contributed by atoms with van der Waals surface area (Å²) in [5.74, 6) is 0.171. The monoisotopic (exact) mass is 351 g/mol. The van der Waals surface area contributed by atoms with Crippen LogP contribution in [0.5, 0.6) is 11.8 Å². The molecule has 0 aliphatic rings. The summed E-state index contributed by atoms with van der Waals surface area (Å²) in [6.45, 7) is 7.13. The summed E-state index contributed by atoms with van der Waals surface area (Å²) >= 11 is 1.35. The van der Waals surface area contributed by atoms with Crippen LogP contribution in [-0.4, -0.2) is 39.8 Å². The Bertz CT molecular complexity index is 702. The normalized spacial score (nSPS) is 12.1. The molecule has 2 aromatic heterocycles. The van der Waals surface area contributed by atoms with E-state index in [1.54, 1.807) is 13.0 Å². The first-order valence-corrected chi connectivity index (χ1v) is 8.45. The number of rotatable bonds is 7. The molecule has 0 aromatic carbocycles. The fourth-order valence-corrected chi connectivity index (χ4v) is 2.48. The Balaban J connectivity index is 2.25. The molecule has 7 nitrogen and oxygen atoms in total. The van der Waals surface area contributed by atoms with Gasteiger partial charge in [-0.3, -0.25) is 10.1 Å². The largest absolute Gasteiger partial charge is 0.475 e. The number of thiazole rings is 1. The van der Waals surface area contributed by atoms with E-state index in [9.17, 15) is 4.79 Å². The first-order valence-electron chi connectivity index (χ1n) is 7.57. The molecule has 0 aliphatic heterocycles. The lowest BCUT2D eigenvalue weighted by molar-refractivity contribution is 0.102. The summed E-state index contributed by atoms with van der Waals surface area (Å²) in [4.78, 5) is 20.8. The predicted octanol–water partition coefficient (Wildman–Crippen LogP) is 2.65. The van der Waals surface area contributed by atoms with Gasteiger partial charge in [0.25, 0.3) is 5.91 Å². The molecule has 0 saturated heterocycles. The molecule has 1 amide bonds. The molecule has 0 radical (unpaired) electrons. The van der Waals surface area contributed by atoms with E-state index in [0.717, 1.165) is 5.69 Å². The third-order valence-corrected chi connectivity index (χ3v) is 3.69. The van der Waals surface area contributed by atoms with Gasteiger partial charge in [0, 0.05) is 17.5 Å². The maximum atomic E-state index is 12.4. The Kier molecular flexibility index (Phi) is 6.10. The van der Waals surface area contributed by atoms with E-state index in [0.29, 0.717) is 10.7 Å². The second kappa shape index (κ2) is 8.07. The van der Waals surface area contributed by atoms with E-state index in [4.69, 9.17) is 14.6 Å². The average molecular weight is 351 g/mol. The van der Waals surface area contributed by atoms with Crippen molar-refractivity contribution in [3.05, 3.63) is 28.8 Å². The first kappa shape index (κ1) is 18.2. The molecule has 8 heteroatoms. The number of pyridine rings is 1. The van der Waals surface area contributed by atoms with Crippen LogP contribution in [0.4, 0.5) is 5.13 Å². The number of carbonyl (C=O) groups is 1. The van der Waals surface area contributed by atoms with Crippen LogP contribution >= 0.6 is 11.3 Å². The topological polar surface area (TPSA) is 93.6 Å². The van der Waals surface area contributed by atoms with Gasteiger partial charge >= 0.3 is 0 Å². The lowest BCUT2D eigenvalue weighted by atomic mass is 10.2. The van der Waals surface area contributed by atoms with Crippen molar-refractivity contribution >= 4 is 22.4 Å². The number of aliphatic hydroxyl groups excluding tert-OH is 1. The number of carbonyl (C=O) groups excluding carboxylic acids is 1. The average Bonchev–Trinajstić information content (AvgIpc) is 2.91. The Morgan fingerprint density at radius 1 is 1.25 bits per heavy atom. The zero-order valence-electron chi connectivity index (χ0n) is 14.1. The van der Waals surface area contributed by atoms with Crippen LogP contribution in [0.1, 0.15) is 36.8 Å². The standard InChI is InChI=1S/C16H21N3O4S/c1-9(2)22-13-5-12(6-14(18-13)23-11(4)7-20)15(21)19-16-17-10(3)8-24-16/h5-6,8-9,11,20H,7H2,1-4H3,(H,17,19,21)/t11-/m1/s1. The van der Waals surface area contributed by atoms with Gasteiger partial charge in [0.05, 0.1) is 24.0 Å². The van der Waals surface area contributed by atoms with Crippen molar-refractivity contribution in [2.24, 2.45) is 0 Å². The number of anilines is 1. The van der Waals surface area contributed by atoms with Crippen molar-refractivity contribution < 1.29 is 19.4 Å². The third-order valence-electron chi connectivity index (χ3n) is 2.82. The minimum atomic E-state index is -0.440. The van der Waals surface area contributed by atoms with Crippen LogP contribution in [0.2, 0.25) is 0 Å². The zero-order valence-corrected chi connectivity index (χ0v) is 14.9. The molecule has 0 fully saturated rings. The molecule has 0 spiro atoms. The number of hydrogen-bond donors (Lipinski definition) is 2. The summed E-state index contributed by atoms with van der Waals surface area (Å²) in [5, 5.41) is 14.2. The van der Waals surface area contributed by atoms with Gasteiger partial charge in [0.15, 0.2) is 5.13 Å². The highest BCUT2D eigenvalue weighted by atomic mass is 32.1. The summed E-state index contributed by atoms with van der Waals surface area (Å²) in [7, 11) is 0. The van der Waals surface area contributed by atoms with E-state index < -0.39 is 6.10 Å². The van der Waals surface area contributed by atoms with Gasteiger partial charge in [0.2, 0.25) is 11.8 Å². The number of hydrogen-bond acceptors (Lipinski definition) is 7. The van der Waals surface area contributed by atoms with Crippen molar-refractivity contribution in [1.82, 2.24) is 9.97 Å². The van der Waals surface area contributed by atoms with Gasteiger partial charge in [-0.05, 0) is 27.7 Å². The molecule has 2 N–H and O–H groups in total. The number of aliphatic hydroxyl groups is 1. The van der Waals surface area contributed by atoms with Gasteiger partial charge in [-0.25, -0.2) is 4.98 Å². The van der Waals surface area contributed by atoms with E-state index in [1.807, 2.05) is 26.2 Å². The van der Waals surface area contributed by atoms with Crippen LogP contribution in [0.3, 0.4) is 0 Å². The first-order chi connectivity index (χ1) is 11.4. The van der Waals surface area contributed by atoms with Crippen LogP contribution < -0.4 is 14.8 Å². The molecule has 0 unspecified atom stereocenters. The minimum Gasteiger partial charge on any atom is -0.475 e. The van der Waals surface area contributed by atoms with Gasteiger partial charge < -0.3 is 14.6 Å². The highest BCUT2D eigenvalue weighted by Gasteiger charge is 2.15. The summed E-state index contributed by atoms with van der Waals surface area (Å²) in [5.41, 5.74) is 1.18. The molecule has 1 atom stereocenters. The van der Waals surface area contributed by atoms with Crippen molar-refractivity contribution in [2.45, 2.75) is 39.9 Å². The highest BCUT2D eigenvalue weighted by molar-refractivity contribution is 7.13. The smallest absolute Gasteiger partial charge is 0.257 e. The van der Waals surface area contributed by atoms with Gasteiger partial charge in [-0.1, -0.05) is 0 Å². The van der Waals surface area contributed by atoms with E-state index >= 15 is 0 Å². The van der Waals surface area contributed by atoms with Crippen molar-refractivity contribution in [2.75, 3.05) is 11.9 Å². The van der Waals surface area contributed by atoms with Gasteiger partial charge in [-0.2, -0.15) is 4.98 Å². The predicted molar refractivity (Wildman–Crippen MR) is 92.0 cm³/mol. The maximum Gasteiger partial charge on any atom is 0.257 e. The Morgan fingerprint density at radius 2 is 1.92 bits per heavy atom. The lowest BCUT2D eigenvalue weighted by Gasteiger charge is -2.15. The maximum absolute atomic E-state index is 12.4. The second-order valence-electron chi connectivity index (χ2n) is 5.56. The minimum absolute atomic E-state index is 0.0967. The molecule has 130 valence electrons. The van der Waals surface area contributed by atoms with Gasteiger partial charge in [-0.15, -0.1) is 11.3 Å². The molecule has 2 rings (SSSR count). The Morgan fingerprint density at radius 3 is 2.46 bits per heavy atom. The van der Waals surface area contributed by atoms with Crippen LogP contribution in [0, 0.1) is 6.92 Å². The number of amides is 1. The fraction of sp³-hybridized carbons (Fsp3) is 0.438. The SMILES string of the molecule is Cc1csc(NC(=O)c2cc(OC(C)C)nc(O[C@H](C)CO)c2)n1. The quantitative estimate of drug-likeness (QED) is 0.796. The van der Waals surface area contributed by atoms with Crippen molar-refractivity contribution in [3.8, 4) is 11.8 Å². The number of ether oxygens (including phenoxy) is 2. The summed E-state index contributed by atoms with van der Waals surface area (Å²) in [6, 6.07) is 3.06. The van der Waals surface area contributed by atoms with E-state index in [-0.39, 0.29) is 30.4 Å². The number of nitrogens with one attached hydrogen (secondary N) is 1. The van der Waals surface area contributed by atoms with Crippen LogP contribution in [0.15, 0.2) is 17.5 Å². The lowest BCUT2D eigenvalue weighted by Crippen LogP contribution is -2.19. The molecule has 0 bridgehead atoms. The number of aryl methyl sites for hydroxylation is 1. The Hall–Kier alpha value is -2.19. The van der Waals surface area contributed by atoms with Crippen molar-refractivity contribution in [1.29, 1.82) is 0 Å². The molecule has 0 saturated carbocycles. The number of nitrogens with zero attached hydrogens (tertiary/aromatic N) is 2. The van der Waals surface area contributed by atoms with E-state index in [2.05, 4.69) is 15.3 Å². The Labute approximate surface area is 144 Å². The summed E-state index contributed by atoms with van der Waals surface area (Å²) < 4.78 is 11.1. The molecular weight excluding hydrogens is 330 g/mol. The molecule has 0 aliphatic carbocycles. The van der Waals surface area contributed by atoms with Crippen molar-refractivity contribution in [3.63, 3.8) is 0 Å². The third kappa shape index (κ3) is 5.17. The number of aromatic nitrogens is 2. The summed E-state index contributed by atoms with van der Waals surface area (Å²) in [6.07, 6.45) is -0.537. The highest BCUT2D eigenvalue weighted by Crippen LogP contribution is 2.22. The van der Waals surface area contributed by atoms with Crippen LogP contribution in [-0.2, 0) is 0 Å². The van der Waals surface area contributed by atoms with Crippen LogP contribution in [0.25, 0.3) is 0 Å². The fourth-order valence-electron chi connectivity index (χ4n) is 1.80. The van der Waals surface area contributed by atoms with Gasteiger partial charge in [0.1, 0.15) is 6.10 Å². The second-order valence-corrected chi connectivity index (χ2v) is 6.42. The van der Waals surface area contributed by atoms with E-state index in [1.165, 1.54) is 17.4 Å². The molecule has 2 aromatic rings. The molecule has 2 heterocycles. The zero-order chi connectivity index (χ0) is 17.7.